The average Bonchev–Trinajstić information content (AvgIpc) is 2.71. The van der Waals surface area contributed by atoms with E-state index in [9.17, 15) is 4.79 Å². The number of piperazine rings is 1. The normalized spacial score (nSPS) is 20.1. The predicted octanol–water partition coefficient (Wildman–Crippen LogP) is 3.37. The van der Waals surface area contributed by atoms with Crippen LogP contribution in [0.3, 0.4) is 0 Å². The number of benzene rings is 1. The van der Waals surface area contributed by atoms with Crippen molar-refractivity contribution in [1.82, 2.24) is 9.88 Å². The van der Waals surface area contributed by atoms with Gasteiger partial charge in [0.15, 0.2) is 0 Å². The lowest BCUT2D eigenvalue weighted by Crippen LogP contribution is -2.56. The van der Waals surface area contributed by atoms with Crippen molar-refractivity contribution in [2.24, 2.45) is 0 Å². The summed E-state index contributed by atoms with van der Waals surface area (Å²) in [7, 11) is 1.51. The molecule has 0 aliphatic carbocycles. The molecule has 0 N–H and O–H groups in total. The van der Waals surface area contributed by atoms with Crippen LogP contribution >= 0.6 is 0 Å². The number of aromatic nitrogens is 1. The number of rotatable bonds is 6. The molecule has 0 bridgehead atoms. The molecule has 1 aliphatic heterocycles. The molecule has 2 atom stereocenters. The van der Waals surface area contributed by atoms with Gasteiger partial charge in [0.05, 0.1) is 25.6 Å². The second kappa shape index (κ2) is 9.06. The van der Waals surface area contributed by atoms with Gasteiger partial charge in [-0.15, -0.1) is 0 Å². The van der Waals surface area contributed by atoms with E-state index in [1.807, 2.05) is 12.1 Å². The van der Waals surface area contributed by atoms with Gasteiger partial charge in [-0.2, -0.15) is 0 Å². The Morgan fingerprint density at radius 2 is 1.86 bits per heavy atom. The van der Waals surface area contributed by atoms with Gasteiger partial charge in [0, 0.05) is 31.7 Å². The van der Waals surface area contributed by atoms with E-state index in [0.717, 1.165) is 25.3 Å². The van der Waals surface area contributed by atoms with Crippen LogP contribution in [0.1, 0.15) is 36.7 Å². The molecule has 1 fully saturated rings. The maximum atomic E-state index is 12.3. The molecule has 1 aliphatic rings. The smallest absolute Gasteiger partial charge is 0.343 e. The van der Waals surface area contributed by atoms with Crippen LogP contribution in [0.4, 0.5) is 5.69 Å². The minimum Gasteiger partial charge on any atom is -0.480 e. The van der Waals surface area contributed by atoms with E-state index in [1.165, 1.54) is 12.7 Å². The van der Waals surface area contributed by atoms with Gasteiger partial charge >= 0.3 is 5.97 Å². The summed E-state index contributed by atoms with van der Waals surface area (Å²) in [6, 6.07) is 13.1. The summed E-state index contributed by atoms with van der Waals surface area (Å²) in [6.45, 7) is 9.27. The van der Waals surface area contributed by atoms with Gasteiger partial charge in [-0.05, 0) is 32.4 Å². The zero-order chi connectivity index (χ0) is 20.1. The maximum absolute atomic E-state index is 12.3. The number of carbonyl (C=O) groups is 1. The first-order chi connectivity index (χ1) is 13.5. The molecule has 0 amide bonds. The fraction of sp³-hybridized carbons (Fsp3) is 0.455. The molecule has 150 valence electrons. The number of ether oxygens (including phenoxy) is 2. The third-order valence-corrected chi connectivity index (χ3v) is 5.20. The van der Waals surface area contributed by atoms with Crippen molar-refractivity contribution in [3.8, 4) is 5.88 Å². The van der Waals surface area contributed by atoms with E-state index in [4.69, 9.17) is 9.47 Å². The molecule has 3 rings (SSSR count). The standard InChI is InChI=1S/C22H29N3O3/c1-5-28-22(26)20-11-19(12-23-21(20)27-4)24-13-16(2)25(17(3)14-24)15-18-9-7-6-8-10-18/h6-12,16-17H,5,13-15H2,1-4H3/t16-,17+. The van der Waals surface area contributed by atoms with E-state index in [1.54, 1.807) is 13.1 Å². The third kappa shape index (κ3) is 4.44. The predicted molar refractivity (Wildman–Crippen MR) is 110 cm³/mol. The Balaban J connectivity index is 1.77. The van der Waals surface area contributed by atoms with Gasteiger partial charge in [-0.3, -0.25) is 4.90 Å². The SMILES string of the molecule is CCOC(=O)c1cc(N2C[C@@H](C)N(Cc3ccccc3)[C@@H](C)C2)cnc1OC. The minimum atomic E-state index is -0.405. The van der Waals surface area contributed by atoms with Gasteiger partial charge in [0.1, 0.15) is 5.56 Å². The van der Waals surface area contributed by atoms with E-state index >= 15 is 0 Å². The van der Waals surface area contributed by atoms with Crippen LogP contribution in [0, 0.1) is 0 Å². The Kier molecular flexibility index (Phi) is 6.52. The number of carbonyl (C=O) groups excluding carboxylic acids is 1. The zero-order valence-corrected chi connectivity index (χ0v) is 17.1. The number of pyridine rings is 1. The highest BCUT2D eigenvalue weighted by Gasteiger charge is 2.30. The monoisotopic (exact) mass is 383 g/mol. The Labute approximate surface area is 167 Å². The summed E-state index contributed by atoms with van der Waals surface area (Å²) in [6.07, 6.45) is 1.77. The molecular formula is C22H29N3O3. The first-order valence-corrected chi connectivity index (χ1v) is 9.79. The maximum Gasteiger partial charge on any atom is 0.343 e. The minimum absolute atomic E-state index is 0.297. The van der Waals surface area contributed by atoms with Crippen LogP contribution < -0.4 is 9.64 Å². The largest absolute Gasteiger partial charge is 0.480 e. The lowest BCUT2D eigenvalue weighted by Gasteiger charge is -2.45. The average molecular weight is 383 g/mol. The number of esters is 1. The van der Waals surface area contributed by atoms with Crippen molar-refractivity contribution in [3.63, 3.8) is 0 Å². The highest BCUT2D eigenvalue weighted by atomic mass is 16.5. The van der Waals surface area contributed by atoms with Gasteiger partial charge in [0.25, 0.3) is 0 Å². The number of hydrogen-bond acceptors (Lipinski definition) is 6. The number of methoxy groups -OCH3 is 1. The van der Waals surface area contributed by atoms with Crippen molar-refractivity contribution in [2.75, 3.05) is 31.7 Å². The number of nitrogens with zero attached hydrogens (tertiary/aromatic N) is 3. The van der Waals surface area contributed by atoms with Crippen LogP contribution in [0.15, 0.2) is 42.6 Å². The molecule has 6 nitrogen and oxygen atoms in total. The third-order valence-electron chi connectivity index (χ3n) is 5.20. The Morgan fingerprint density at radius 1 is 1.18 bits per heavy atom. The zero-order valence-electron chi connectivity index (χ0n) is 17.1. The van der Waals surface area contributed by atoms with Gasteiger partial charge in [0.2, 0.25) is 5.88 Å². The molecule has 0 saturated carbocycles. The van der Waals surface area contributed by atoms with Crippen molar-refractivity contribution >= 4 is 11.7 Å². The van der Waals surface area contributed by atoms with E-state index in [-0.39, 0.29) is 0 Å². The topological polar surface area (TPSA) is 54.9 Å². The fourth-order valence-corrected chi connectivity index (χ4v) is 3.81. The van der Waals surface area contributed by atoms with Gasteiger partial charge < -0.3 is 14.4 Å². The van der Waals surface area contributed by atoms with E-state index < -0.39 is 5.97 Å². The summed E-state index contributed by atoms with van der Waals surface area (Å²) in [5.74, 6) is -0.108. The Bertz CT molecular complexity index is 785. The second-order valence-electron chi connectivity index (χ2n) is 7.23. The molecule has 2 aromatic rings. The van der Waals surface area contributed by atoms with Crippen LogP contribution in [-0.2, 0) is 11.3 Å². The Morgan fingerprint density at radius 3 is 2.46 bits per heavy atom. The summed E-state index contributed by atoms with van der Waals surface area (Å²) >= 11 is 0. The molecule has 1 aromatic heterocycles. The quantitative estimate of drug-likeness (QED) is 0.713. The van der Waals surface area contributed by atoms with Crippen molar-refractivity contribution < 1.29 is 14.3 Å². The highest BCUT2D eigenvalue weighted by Crippen LogP contribution is 2.27. The summed E-state index contributed by atoms with van der Waals surface area (Å²) in [4.78, 5) is 21.4. The molecule has 6 heteroatoms. The summed E-state index contributed by atoms with van der Waals surface area (Å²) in [5, 5.41) is 0. The molecule has 0 unspecified atom stereocenters. The molecule has 2 heterocycles. The van der Waals surface area contributed by atoms with Crippen LogP contribution in [0.5, 0.6) is 5.88 Å². The molecule has 0 spiro atoms. The summed E-state index contributed by atoms with van der Waals surface area (Å²) < 4.78 is 10.4. The molecule has 0 radical (unpaired) electrons. The molecule has 1 saturated heterocycles. The highest BCUT2D eigenvalue weighted by molar-refractivity contribution is 5.93. The second-order valence-corrected chi connectivity index (χ2v) is 7.23. The van der Waals surface area contributed by atoms with Crippen LogP contribution in [-0.4, -0.2) is 54.7 Å². The molecule has 1 aromatic carbocycles. The van der Waals surface area contributed by atoms with Gasteiger partial charge in [-0.1, -0.05) is 30.3 Å². The molecular weight excluding hydrogens is 354 g/mol. The van der Waals surface area contributed by atoms with Crippen molar-refractivity contribution in [3.05, 3.63) is 53.7 Å². The van der Waals surface area contributed by atoms with Gasteiger partial charge in [-0.25, -0.2) is 9.78 Å². The van der Waals surface area contributed by atoms with E-state index in [0.29, 0.717) is 30.1 Å². The van der Waals surface area contributed by atoms with Crippen LogP contribution in [0.25, 0.3) is 0 Å². The van der Waals surface area contributed by atoms with Crippen molar-refractivity contribution in [2.45, 2.75) is 39.4 Å². The number of anilines is 1. The van der Waals surface area contributed by atoms with Crippen LogP contribution in [0.2, 0.25) is 0 Å². The van der Waals surface area contributed by atoms with Crippen molar-refractivity contribution in [1.29, 1.82) is 0 Å². The fourth-order valence-electron chi connectivity index (χ4n) is 3.81. The lowest BCUT2D eigenvalue weighted by molar-refractivity contribution is 0.0522. The number of hydrogen-bond donors (Lipinski definition) is 0. The molecule has 28 heavy (non-hydrogen) atoms. The first-order valence-electron chi connectivity index (χ1n) is 9.79. The van der Waals surface area contributed by atoms with E-state index in [2.05, 4.69) is 52.9 Å². The Hall–Kier alpha value is -2.60. The summed E-state index contributed by atoms with van der Waals surface area (Å²) in [5.41, 5.74) is 2.61. The lowest BCUT2D eigenvalue weighted by atomic mass is 10.1. The first kappa shape index (κ1) is 20.1.